The van der Waals surface area contributed by atoms with Crippen LogP contribution in [0.15, 0.2) is 0 Å². The quantitative estimate of drug-likeness (QED) is 0.378. The first kappa shape index (κ1) is 22.9. The van der Waals surface area contributed by atoms with Gasteiger partial charge in [0, 0.05) is 0 Å². The molecule has 2 unspecified atom stereocenters. The lowest BCUT2D eigenvalue weighted by Gasteiger charge is -2.27. The first-order chi connectivity index (χ1) is 11.1. The minimum Gasteiger partial charge on any atom is -0.395 e. The molecule has 0 heterocycles. The van der Waals surface area contributed by atoms with Crippen molar-refractivity contribution in [2.45, 2.75) is 109 Å². The molecule has 2 atom stereocenters. The fraction of sp³-hybridized carbons (Fsp3) is 1.00. The Labute approximate surface area is 145 Å². The van der Waals surface area contributed by atoms with E-state index in [0.717, 1.165) is 12.8 Å². The first-order valence-corrected chi connectivity index (χ1v) is 10.1. The smallest absolute Gasteiger partial charge is 0.0717 e. The standard InChI is InChI=1S/C20H43NO2/c1-4-5-6-7-8-9-10-11-12-13-14-15-16-17-20(23)19(18-22)21(2)3/h19-20,22-23H,4-18H2,1-3H3. The van der Waals surface area contributed by atoms with Gasteiger partial charge in [0.1, 0.15) is 0 Å². The summed E-state index contributed by atoms with van der Waals surface area (Å²) in [5.74, 6) is 0. The van der Waals surface area contributed by atoms with E-state index in [1.54, 1.807) is 0 Å². The van der Waals surface area contributed by atoms with E-state index in [1.165, 1.54) is 77.0 Å². The Morgan fingerprint density at radius 3 is 1.43 bits per heavy atom. The molecule has 0 aliphatic heterocycles. The summed E-state index contributed by atoms with van der Waals surface area (Å²) in [6.45, 7) is 2.31. The summed E-state index contributed by atoms with van der Waals surface area (Å²) in [6, 6.07) is -0.118. The number of likely N-dealkylation sites (N-methyl/N-ethyl adjacent to an activating group) is 1. The van der Waals surface area contributed by atoms with Crippen LogP contribution in [0.4, 0.5) is 0 Å². The second-order valence-corrected chi connectivity index (χ2v) is 7.31. The molecule has 140 valence electrons. The SMILES string of the molecule is CCCCCCCCCCCCCCCC(O)C(CO)N(C)C. The van der Waals surface area contributed by atoms with Gasteiger partial charge in [-0.05, 0) is 20.5 Å². The summed E-state index contributed by atoms with van der Waals surface area (Å²) in [6.07, 6.45) is 17.9. The van der Waals surface area contributed by atoms with E-state index in [2.05, 4.69) is 6.92 Å². The van der Waals surface area contributed by atoms with Crippen LogP contribution in [0.1, 0.15) is 96.8 Å². The third-order valence-electron chi connectivity index (χ3n) is 4.90. The number of hydrogen-bond acceptors (Lipinski definition) is 3. The van der Waals surface area contributed by atoms with E-state index in [4.69, 9.17) is 0 Å². The van der Waals surface area contributed by atoms with Gasteiger partial charge >= 0.3 is 0 Å². The van der Waals surface area contributed by atoms with Crippen LogP contribution in [0.25, 0.3) is 0 Å². The highest BCUT2D eigenvalue weighted by Crippen LogP contribution is 2.14. The van der Waals surface area contributed by atoms with Gasteiger partial charge in [0.15, 0.2) is 0 Å². The normalized spacial score (nSPS) is 14.3. The lowest BCUT2D eigenvalue weighted by atomic mass is 10.0. The van der Waals surface area contributed by atoms with Crippen molar-refractivity contribution in [2.75, 3.05) is 20.7 Å². The van der Waals surface area contributed by atoms with E-state index in [0.29, 0.717) is 0 Å². The number of unbranched alkanes of at least 4 members (excludes halogenated alkanes) is 12. The van der Waals surface area contributed by atoms with Crippen LogP contribution < -0.4 is 0 Å². The minimum atomic E-state index is -0.400. The molecule has 0 aromatic carbocycles. The topological polar surface area (TPSA) is 43.7 Å². The number of nitrogens with zero attached hydrogens (tertiary/aromatic N) is 1. The average Bonchev–Trinajstić information content (AvgIpc) is 2.52. The summed E-state index contributed by atoms with van der Waals surface area (Å²) < 4.78 is 0. The zero-order valence-electron chi connectivity index (χ0n) is 16.1. The molecule has 2 N–H and O–H groups in total. The van der Waals surface area contributed by atoms with Crippen LogP contribution in [0.3, 0.4) is 0 Å². The number of aliphatic hydroxyl groups is 2. The first-order valence-electron chi connectivity index (χ1n) is 10.1. The van der Waals surface area contributed by atoms with Gasteiger partial charge in [0.25, 0.3) is 0 Å². The molecule has 0 amide bonds. The molecule has 0 radical (unpaired) electrons. The average molecular weight is 330 g/mol. The van der Waals surface area contributed by atoms with Crippen molar-refractivity contribution in [1.82, 2.24) is 4.90 Å². The molecule has 0 bridgehead atoms. The van der Waals surface area contributed by atoms with Crippen LogP contribution in [-0.4, -0.2) is 48.0 Å². The summed E-state index contributed by atoms with van der Waals surface area (Å²) >= 11 is 0. The summed E-state index contributed by atoms with van der Waals surface area (Å²) in [5.41, 5.74) is 0. The predicted molar refractivity (Wildman–Crippen MR) is 101 cm³/mol. The Bertz CT molecular complexity index is 234. The fourth-order valence-corrected chi connectivity index (χ4v) is 3.19. The van der Waals surface area contributed by atoms with Crippen molar-refractivity contribution in [3.63, 3.8) is 0 Å². The van der Waals surface area contributed by atoms with Gasteiger partial charge in [-0.2, -0.15) is 0 Å². The summed E-state index contributed by atoms with van der Waals surface area (Å²) in [5, 5.41) is 19.3. The van der Waals surface area contributed by atoms with Crippen molar-refractivity contribution in [2.24, 2.45) is 0 Å². The van der Waals surface area contributed by atoms with Crippen LogP contribution in [0, 0.1) is 0 Å². The Balaban J connectivity index is 3.27. The molecule has 3 nitrogen and oxygen atoms in total. The van der Waals surface area contributed by atoms with E-state index >= 15 is 0 Å². The Hall–Kier alpha value is -0.120. The van der Waals surface area contributed by atoms with Crippen molar-refractivity contribution < 1.29 is 10.2 Å². The van der Waals surface area contributed by atoms with E-state index < -0.39 is 6.10 Å². The third-order valence-corrected chi connectivity index (χ3v) is 4.90. The fourth-order valence-electron chi connectivity index (χ4n) is 3.19. The van der Waals surface area contributed by atoms with Gasteiger partial charge < -0.3 is 15.1 Å². The molecular formula is C20H43NO2. The molecule has 23 heavy (non-hydrogen) atoms. The van der Waals surface area contributed by atoms with Crippen molar-refractivity contribution in [3.8, 4) is 0 Å². The maximum atomic E-state index is 10.1. The monoisotopic (exact) mass is 329 g/mol. The van der Waals surface area contributed by atoms with Crippen molar-refractivity contribution >= 4 is 0 Å². The van der Waals surface area contributed by atoms with Crippen molar-refractivity contribution in [1.29, 1.82) is 0 Å². The predicted octanol–water partition coefficient (Wildman–Crippen LogP) is 4.75. The summed E-state index contributed by atoms with van der Waals surface area (Å²) in [7, 11) is 3.82. The molecule has 0 spiro atoms. The van der Waals surface area contributed by atoms with Crippen LogP contribution in [-0.2, 0) is 0 Å². The van der Waals surface area contributed by atoms with Crippen LogP contribution in [0.5, 0.6) is 0 Å². The molecule has 3 heteroatoms. The highest BCUT2D eigenvalue weighted by molar-refractivity contribution is 4.74. The Morgan fingerprint density at radius 1 is 0.696 bits per heavy atom. The second kappa shape index (κ2) is 16.7. The molecular weight excluding hydrogens is 286 g/mol. The number of hydrogen-bond donors (Lipinski definition) is 2. The third kappa shape index (κ3) is 14.0. The lowest BCUT2D eigenvalue weighted by molar-refractivity contribution is 0.0333. The molecule has 0 aromatic heterocycles. The van der Waals surface area contributed by atoms with E-state index in [-0.39, 0.29) is 12.6 Å². The zero-order chi connectivity index (χ0) is 17.3. The van der Waals surface area contributed by atoms with E-state index in [1.807, 2.05) is 19.0 Å². The van der Waals surface area contributed by atoms with Gasteiger partial charge in [0.05, 0.1) is 18.8 Å². The molecule has 0 saturated carbocycles. The second-order valence-electron chi connectivity index (χ2n) is 7.31. The van der Waals surface area contributed by atoms with Crippen LogP contribution in [0.2, 0.25) is 0 Å². The van der Waals surface area contributed by atoms with Gasteiger partial charge in [0.2, 0.25) is 0 Å². The highest BCUT2D eigenvalue weighted by atomic mass is 16.3. The molecule has 0 aliphatic rings. The molecule has 0 fully saturated rings. The number of rotatable bonds is 17. The maximum absolute atomic E-state index is 10.1. The van der Waals surface area contributed by atoms with Gasteiger partial charge in [-0.25, -0.2) is 0 Å². The van der Waals surface area contributed by atoms with Gasteiger partial charge in [-0.15, -0.1) is 0 Å². The molecule has 0 aromatic rings. The largest absolute Gasteiger partial charge is 0.395 e. The molecule has 0 saturated heterocycles. The maximum Gasteiger partial charge on any atom is 0.0717 e. The summed E-state index contributed by atoms with van der Waals surface area (Å²) in [4.78, 5) is 1.91. The van der Waals surface area contributed by atoms with E-state index in [9.17, 15) is 10.2 Å². The Kier molecular flexibility index (Phi) is 16.6. The molecule has 0 aliphatic carbocycles. The number of aliphatic hydroxyl groups excluding tert-OH is 2. The van der Waals surface area contributed by atoms with Crippen molar-refractivity contribution in [3.05, 3.63) is 0 Å². The molecule has 0 rings (SSSR count). The Morgan fingerprint density at radius 2 is 1.09 bits per heavy atom. The van der Waals surface area contributed by atoms with Crippen LogP contribution >= 0.6 is 0 Å². The minimum absolute atomic E-state index is 0.0343. The van der Waals surface area contributed by atoms with Gasteiger partial charge in [-0.1, -0.05) is 90.4 Å². The van der Waals surface area contributed by atoms with Gasteiger partial charge in [-0.3, -0.25) is 0 Å². The zero-order valence-corrected chi connectivity index (χ0v) is 16.1. The lowest BCUT2D eigenvalue weighted by Crippen LogP contribution is -2.41. The highest BCUT2D eigenvalue weighted by Gasteiger charge is 2.19.